The number of carbonyl (C=O) groups excluding carboxylic acids is 1. The summed E-state index contributed by atoms with van der Waals surface area (Å²) in [6.45, 7) is 0. The number of halogens is 4. The first-order valence-corrected chi connectivity index (χ1v) is 13.4. The summed E-state index contributed by atoms with van der Waals surface area (Å²) >= 11 is 0. The third-order valence-corrected chi connectivity index (χ3v) is 8.94. The molecule has 4 aromatic carbocycles. The second-order valence-corrected chi connectivity index (χ2v) is 11.6. The molecule has 0 unspecified atom stereocenters. The van der Waals surface area contributed by atoms with Gasteiger partial charge in [-0.3, -0.25) is 4.79 Å². The molecule has 4 rings (SSSR count). The van der Waals surface area contributed by atoms with Crippen LogP contribution in [0.25, 0.3) is 0 Å². The first-order valence-electron chi connectivity index (χ1n) is 10.5. The van der Waals surface area contributed by atoms with Crippen LogP contribution in [-0.4, -0.2) is 25.2 Å². The topological polar surface area (TPSA) is 80.7 Å². The highest BCUT2D eigenvalue weighted by atomic mass is 32.2. The fraction of sp³-hybridized carbons (Fsp3) is 0.0385. The Morgan fingerprint density at radius 2 is 1.14 bits per heavy atom. The number of phenols is 1. The van der Waals surface area contributed by atoms with Gasteiger partial charge in [0.25, 0.3) is 0 Å². The average molecular weight is 550 g/mol. The number of carbonyl (C=O) groups is 1. The summed E-state index contributed by atoms with van der Waals surface area (Å²) in [4.78, 5) is 14.6. The fourth-order valence-corrected chi connectivity index (χ4v) is 6.55. The normalized spacial score (nSPS) is 11.5. The van der Waals surface area contributed by atoms with Crippen molar-refractivity contribution in [3.8, 4) is 11.5 Å². The Morgan fingerprint density at radius 1 is 0.703 bits per heavy atom. The van der Waals surface area contributed by atoms with Crippen LogP contribution in [0.5, 0.6) is 11.5 Å². The summed E-state index contributed by atoms with van der Waals surface area (Å²) in [7, 11) is -4.92. The lowest BCUT2D eigenvalue weighted by atomic mass is 10.2. The lowest BCUT2D eigenvalue weighted by Crippen LogP contribution is -2.22. The summed E-state index contributed by atoms with van der Waals surface area (Å²) in [5.41, 5.74) is 0. The van der Waals surface area contributed by atoms with Crippen LogP contribution in [0.1, 0.15) is 0 Å². The minimum atomic E-state index is -4.36. The van der Waals surface area contributed by atoms with Gasteiger partial charge in [-0.2, -0.15) is 17.6 Å². The highest BCUT2D eigenvalue weighted by Gasteiger charge is 2.31. The molecular formula is C26H17F4O5S2+. The highest BCUT2D eigenvalue weighted by molar-refractivity contribution is 7.97. The van der Waals surface area contributed by atoms with E-state index in [1.54, 1.807) is 12.1 Å². The van der Waals surface area contributed by atoms with Crippen molar-refractivity contribution < 1.29 is 40.6 Å². The molecule has 0 radical (unpaired) electrons. The third-order valence-electron chi connectivity index (χ3n) is 5.10. The van der Waals surface area contributed by atoms with Crippen LogP contribution in [0, 0.1) is 23.3 Å². The molecule has 0 atom stereocenters. The number of hydrogen-bond acceptors (Lipinski definition) is 5. The number of aromatic hydroxyl groups is 1. The van der Waals surface area contributed by atoms with E-state index in [2.05, 4.69) is 4.74 Å². The Morgan fingerprint density at radius 3 is 1.59 bits per heavy atom. The maximum atomic E-state index is 13.9. The monoisotopic (exact) mass is 549 g/mol. The molecule has 11 heteroatoms. The van der Waals surface area contributed by atoms with Crippen LogP contribution in [0.3, 0.4) is 0 Å². The smallest absolute Gasteiger partial charge is 0.327 e. The maximum Gasteiger partial charge on any atom is 0.327 e. The minimum Gasteiger partial charge on any atom is -0.503 e. The molecule has 0 aromatic heterocycles. The highest BCUT2D eigenvalue weighted by Crippen LogP contribution is 2.34. The van der Waals surface area contributed by atoms with Gasteiger partial charge in [0.2, 0.25) is 29.0 Å². The van der Waals surface area contributed by atoms with Gasteiger partial charge in [0.1, 0.15) is 0 Å². The van der Waals surface area contributed by atoms with Crippen LogP contribution < -0.4 is 4.74 Å². The number of phenolic OH excluding ortho intramolecular Hbond substituents is 1. The van der Waals surface area contributed by atoms with Crippen molar-refractivity contribution >= 4 is 26.7 Å². The lowest BCUT2D eigenvalue weighted by Gasteiger charge is -2.10. The number of hydrogen-bond donors (Lipinski definition) is 1. The van der Waals surface area contributed by atoms with Gasteiger partial charge in [0, 0.05) is 0 Å². The van der Waals surface area contributed by atoms with Gasteiger partial charge in [-0.1, -0.05) is 36.4 Å². The fourth-order valence-electron chi connectivity index (χ4n) is 3.38. The number of ether oxygens (including phenoxy) is 1. The first kappa shape index (κ1) is 26.2. The van der Waals surface area contributed by atoms with Gasteiger partial charge < -0.3 is 9.84 Å². The molecule has 0 fully saturated rings. The molecule has 0 saturated carbocycles. The Labute approximate surface area is 212 Å². The lowest BCUT2D eigenvalue weighted by molar-refractivity contribution is -0.131. The predicted molar refractivity (Wildman–Crippen MR) is 127 cm³/mol. The zero-order chi connectivity index (χ0) is 26.7. The SMILES string of the molecule is O=C(CS(=O)(=O)c1ccc([S+](c2ccccc2)c2ccccc2)cc1)Oc1c(F)c(F)c(O)c(F)c1F. The Hall–Kier alpha value is -3.83. The van der Waals surface area contributed by atoms with Gasteiger partial charge in [-0.15, -0.1) is 0 Å². The Balaban J connectivity index is 1.58. The zero-order valence-electron chi connectivity index (χ0n) is 18.7. The van der Waals surface area contributed by atoms with Crippen molar-refractivity contribution in [2.75, 3.05) is 5.75 Å². The van der Waals surface area contributed by atoms with Crippen LogP contribution in [-0.2, 0) is 25.5 Å². The molecular weight excluding hydrogens is 532 g/mol. The van der Waals surface area contributed by atoms with E-state index in [1.807, 2.05) is 60.7 Å². The molecule has 5 nitrogen and oxygen atoms in total. The molecule has 37 heavy (non-hydrogen) atoms. The average Bonchev–Trinajstić information content (AvgIpc) is 2.90. The predicted octanol–water partition coefficient (Wildman–Crippen LogP) is 5.42. The number of benzene rings is 4. The van der Waals surface area contributed by atoms with E-state index in [0.29, 0.717) is 0 Å². The molecule has 1 N–H and O–H groups in total. The molecule has 0 heterocycles. The molecule has 4 aromatic rings. The Kier molecular flexibility index (Phi) is 7.55. The van der Waals surface area contributed by atoms with Gasteiger partial charge in [0.15, 0.2) is 36.0 Å². The van der Waals surface area contributed by atoms with Gasteiger partial charge in [-0.05, 0) is 48.5 Å². The van der Waals surface area contributed by atoms with E-state index >= 15 is 0 Å². The van der Waals surface area contributed by atoms with Crippen LogP contribution in [0.2, 0.25) is 0 Å². The van der Waals surface area contributed by atoms with E-state index in [0.717, 1.165) is 14.7 Å². The van der Waals surface area contributed by atoms with Crippen molar-refractivity contribution in [2.45, 2.75) is 19.6 Å². The van der Waals surface area contributed by atoms with Gasteiger partial charge in [0.05, 0.1) is 15.8 Å². The van der Waals surface area contributed by atoms with E-state index in [9.17, 15) is 30.8 Å². The molecule has 0 aliphatic rings. The second kappa shape index (κ2) is 10.7. The van der Waals surface area contributed by atoms with Crippen molar-refractivity contribution in [3.63, 3.8) is 0 Å². The standard InChI is InChI=1S/C26H16F4O5S2/c27-21-23(29)26(24(30)22(28)25(21)32)35-20(31)15-37(33,34)19-13-11-18(12-14-19)36(16-7-3-1-4-8-16)17-9-5-2-6-10-17/h1-14H,15H2/p+1. The van der Waals surface area contributed by atoms with Gasteiger partial charge >= 0.3 is 5.97 Å². The summed E-state index contributed by atoms with van der Waals surface area (Å²) in [5, 5.41) is 9.00. The van der Waals surface area contributed by atoms with Crippen LogP contribution in [0.15, 0.2) is 105 Å². The molecule has 0 saturated heterocycles. The van der Waals surface area contributed by atoms with Crippen LogP contribution in [0.4, 0.5) is 17.6 Å². The quantitative estimate of drug-likeness (QED) is 0.109. The number of esters is 1. The summed E-state index contributed by atoms with van der Waals surface area (Å²) in [6, 6.07) is 24.8. The van der Waals surface area contributed by atoms with E-state index in [1.165, 1.54) is 12.1 Å². The maximum absolute atomic E-state index is 13.9. The molecule has 0 bridgehead atoms. The summed E-state index contributed by atoms with van der Waals surface area (Å²) in [6.07, 6.45) is 0. The van der Waals surface area contributed by atoms with E-state index < -0.39 is 67.2 Å². The van der Waals surface area contributed by atoms with Crippen molar-refractivity contribution in [1.82, 2.24) is 0 Å². The Bertz CT molecular complexity index is 1480. The van der Waals surface area contributed by atoms with E-state index in [-0.39, 0.29) is 4.90 Å². The minimum absolute atomic E-state index is 0.276. The number of sulfone groups is 1. The largest absolute Gasteiger partial charge is 0.503 e. The molecule has 190 valence electrons. The zero-order valence-corrected chi connectivity index (χ0v) is 20.3. The first-order chi connectivity index (χ1) is 17.6. The van der Waals surface area contributed by atoms with Crippen molar-refractivity contribution in [2.24, 2.45) is 0 Å². The molecule has 0 aliphatic heterocycles. The molecule has 0 spiro atoms. The van der Waals surface area contributed by atoms with Crippen LogP contribution >= 0.6 is 0 Å². The molecule has 0 amide bonds. The van der Waals surface area contributed by atoms with Crippen molar-refractivity contribution in [3.05, 3.63) is 108 Å². The summed E-state index contributed by atoms with van der Waals surface area (Å²) in [5.74, 6) is -15.5. The molecule has 0 aliphatic carbocycles. The van der Waals surface area contributed by atoms with Crippen molar-refractivity contribution in [1.29, 1.82) is 0 Å². The van der Waals surface area contributed by atoms with E-state index in [4.69, 9.17) is 5.11 Å². The third kappa shape index (κ3) is 5.47. The number of rotatable bonds is 7. The second-order valence-electron chi connectivity index (χ2n) is 7.57. The summed E-state index contributed by atoms with van der Waals surface area (Å²) < 4.78 is 84.4. The van der Waals surface area contributed by atoms with Gasteiger partial charge in [-0.25, -0.2) is 8.42 Å².